The maximum Gasteiger partial charge on any atom is 0.317 e. The van der Waals surface area contributed by atoms with Crippen LogP contribution in [0.3, 0.4) is 0 Å². The summed E-state index contributed by atoms with van der Waals surface area (Å²) in [7, 11) is 2.09. The Balaban J connectivity index is 1.14. The molecule has 0 unspecified atom stereocenters. The zero-order valence-electron chi connectivity index (χ0n) is 58.5. The van der Waals surface area contributed by atoms with E-state index in [0.717, 1.165) is 32.1 Å². The second-order valence-electron chi connectivity index (χ2n) is 26.9. The summed E-state index contributed by atoms with van der Waals surface area (Å²) in [6.45, 7) is 4.69. The highest BCUT2D eigenvalue weighted by molar-refractivity contribution is 8.76. The predicted molar refractivity (Wildman–Crippen MR) is 393 cm³/mol. The number of carbonyl (C=O) groups is 12. The third kappa shape index (κ3) is 27.3. The fourth-order valence-electron chi connectivity index (χ4n) is 12.9. The van der Waals surface area contributed by atoms with E-state index in [9.17, 15) is 83.4 Å². The number of phenolic OH excluding ortho intramolecular Hbond substituents is 2. The number of Topliss-reactive ketones (excluding diaryl/α,β-unsaturated/α-hetero) is 4. The molecule has 0 radical (unpaired) electrons. The summed E-state index contributed by atoms with van der Waals surface area (Å²) in [6, 6.07) is 16.7. The minimum atomic E-state index is -1.56. The zero-order valence-corrected chi connectivity index (χ0v) is 61.7. The molecule has 11 N–H and O–H groups in total. The number of aliphatic hydroxyl groups is 1. The summed E-state index contributed by atoms with van der Waals surface area (Å²) in [6.07, 6.45) is -3.74. The van der Waals surface area contributed by atoms with Crippen molar-refractivity contribution in [3.05, 3.63) is 118 Å². The number of phenols is 2. The first-order chi connectivity index (χ1) is 50.0. The highest BCUT2D eigenvalue weighted by atomic mass is 35.5. The van der Waals surface area contributed by atoms with Gasteiger partial charge in [-0.15, -0.1) is 0 Å². The second kappa shape index (κ2) is 41.3. The minimum absolute atomic E-state index is 0.0102. The molecule has 3 aliphatic heterocycles. The van der Waals surface area contributed by atoms with E-state index in [4.69, 9.17) is 33.5 Å². The van der Waals surface area contributed by atoms with Gasteiger partial charge in [-0.25, -0.2) is 0 Å². The number of benzene rings is 3. The summed E-state index contributed by atoms with van der Waals surface area (Å²) < 4.78 is 5.29. The maximum absolute atomic E-state index is 15.2. The van der Waals surface area contributed by atoms with Crippen molar-refractivity contribution in [3.8, 4) is 11.5 Å². The maximum atomic E-state index is 15.2. The van der Waals surface area contributed by atoms with Gasteiger partial charge in [0.1, 0.15) is 24.3 Å². The van der Waals surface area contributed by atoms with Crippen molar-refractivity contribution in [3.63, 3.8) is 0 Å². The lowest BCUT2D eigenvalue weighted by atomic mass is 9.89. The number of aliphatic carboxylic acids is 3. The number of carboxylic acids is 3. The van der Waals surface area contributed by atoms with Crippen LogP contribution in [0.25, 0.3) is 0 Å². The SMILES string of the molecule is CCC(=O)[C@@H]1CSSC[C@H](NC(=O)[C@@H](CCC(=O)O)CC(=O)[C@H](Cc2ccc(O)cc2)NC(=S)Nc2ccc(C[C@H]3CN(CC(=O)O)CCN(CC(=O)O)Cc4cccc(n4)CN3COC=O)cc2)C(=O)N2C[C@H](O)C[C@H]2C(=O)C[C@@H](Cc2ccc(O)c(Cl)c2)C(=O)NCC(=O)C[C@@H](CC(C)C)C(=O)N1. The molecule has 105 heavy (non-hydrogen) atoms. The molecule has 4 heterocycles. The Morgan fingerprint density at radius 3 is 2.13 bits per heavy atom. The highest BCUT2D eigenvalue weighted by Gasteiger charge is 2.44. The zero-order chi connectivity index (χ0) is 76.4. The average molecular weight is 1530 g/mol. The number of pyridine rings is 1. The molecule has 0 spiro atoms. The molecule has 4 amide bonds. The van der Waals surface area contributed by atoms with E-state index in [1.54, 1.807) is 71.3 Å². The number of nitrogens with zero attached hydrogens (tertiary/aromatic N) is 5. The van der Waals surface area contributed by atoms with E-state index in [1.165, 1.54) is 30.3 Å². The molecule has 29 nitrogen and oxygen atoms in total. The summed E-state index contributed by atoms with van der Waals surface area (Å²) in [5, 5.41) is 75.5. The molecule has 7 rings (SSSR count). The standard InChI is InChI=1S/C72H91ClN10O19S3/c1-4-61(88)58-38-104-105-39-59(71(101)83-35-55(87)30-60(83)64(91)29-48(23-45-12-18-62(89)56(73)25-45)68(98)74-31-54(86)27-47(22-42(2)3)70(100)77-58)78-69(99)46(13-19-65(92)93)28-63(90)57(26-44-10-16-53(85)17-11-44)79-72(103)76-49-14-8-43(9-15-49)24-52-34-81(37-67(96)97)21-20-80(36-66(94)95)32-50-6-5-7-51(75-50)33-82(52)40-102-41-84/h5-12,14-18,25,41-42,46-48,52,55,57-60,85,87,89H,4,13,19-24,26-40H2,1-3H3,(H,74,98)(H,77,100)(H,78,99)(H,92,93)(H,94,95)(H,96,97)(H2,76,79,103)/t46-,47+,48+,52-,55+,57-,58-,59-,60-/m0/s1. The lowest BCUT2D eigenvalue weighted by Crippen LogP contribution is -2.54. The van der Waals surface area contributed by atoms with E-state index in [-0.39, 0.29) is 142 Å². The predicted octanol–water partition coefficient (Wildman–Crippen LogP) is 4.18. The molecule has 0 aliphatic carbocycles. The van der Waals surface area contributed by atoms with Crippen molar-refractivity contribution < 1.29 is 92.9 Å². The molecule has 3 aliphatic rings. The Morgan fingerprint density at radius 2 is 1.47 bits per heavy atom. The number of carbonyl (C=O) groups excluding carboxylic acids is 9. The Kier molecular flexibility index (Phi) is 32.9. The van der Waals surface area contributed by atoms with Gasteiger partial charge in [0.05, 0.1) is 60.3 Å². The number of halogens is 1. The molecule has 2 saturated heterocycles. The van der Waals surface area contributed by atoms with Crippen molar-refractivity contribution in [1.29, 1.82) is 0 Å². The van der Waals surface area contributed by atoms with Gasteiger partial charge in [-0.1, -0.05) is 90.4 Å². The van der Waals surface area contributed by atoms with E-state index in [0.29, 0.717) is 34.7 Å². The first-order valence-corrected chi connectivity index (χ1v) is 37.8. The Bertz CT molecular complexity index is 3750. The van der Waals surface area contributed by atoms with Gasteiger partial charge >= 0.3 is 17.9 Å². The van der Waals surface area contributed by atoms with E-state index in [1.807, 2.05) is 18.7 Å². The molecule has 3 aromatic carbocycles. The number of carboxylic acid groups (broad SMARTS) is 3. The number of amides is 4. The largest absolute Gasteiger partial charge is 0.508 e. The van der Waals surface area contributed by atoms with Gasteiger partial charge in [0, 0.05) is 119 Å². The molecule has 1 aromatic heterocycles. The number of nitrogens with one attached hydrogen (secondary N) is 5. The number of thiocarbonyl (C=S) groups is 1. The van der Waals surface area contributed by atoms with Crippen LogP contribution in [0.1, 0.15) is 100 Å². The summed E-state index contributed by atoms with van der Waals surface area (Å²) in [4.78, 5) is 174. The van der Waals surface area contributed by atoms with Crippen molar-refractivity contribution in [1.82, 2.24) is 45.9 Å². The molecular formula is C72H91ClN10O19S3. The number of ketones is 4. The third-order valence-corrected chi connectivity index (χ3v) is 21.1. The van der Waals surface area contributed by atoms with Crippen LogP contribution >= 0.6 is 45.4 Å². The Labute approximate surface area is 626 Å². The number of aromatic hydroxyl groups is 2. The number of fused-ring (bicyclic) bond motifs is 3. The van der Waals surface area contributed by atoms with E-state index < -0.39 is 152 Å². The van der Waals surface area contributed by atoms with Gasteiger partial charge in [0.15, 0.2) is 28.2 Å². The minimum Gasteiger partial charge on any atom is -0.508 e. The van der Waals surface area contributed by atoms with Gasteiger partial charge in [0.25, 0.3) is 6.47 Å². The van der Waals surface area contributed by atoms with Crippen LogP contribution in [0, 0.1) is 23.7 Å². The summed E-state index contributed by atoms with van der Waals surface area (Å²) in [5.41, 5.74) is 3.32. The molecule has 2 bridgehead atoms. The van der Waals surface area contributed by atoms with Crippen LogP contribution < -0.4 is 26.6 Å². The quantitative estimate of drug-likeness (QED) is 0.0227. The number of hydrogen-bond acceptors (Lipinski definition) is 23. The van der Waals surface area contributed by atoms with Crippen LogP contribution in [0.2, 0.25) is 5.02 Å². The Morgan fingerprint density at radius 1 is 0.800 bits per heavy atom. The number of aliphatic hydroxyl groups excluding tert-OH is 1. The van der Waals surface area contributed by atoms with Crippen LogP contribution in [-0.2, 0) is 94.6 Å². The average Bonchev–Trinajstić information content (AvgIpc) is 1.77. The number of anilines is 1. The Hall–Kier alpha value is -8.63. The first kappa shape index (κ1) is 83.6. The second-order valence-corrected chi connectivity index (χ2v) is 30.3. The molecule has 9 atom stereocenters. The molecule has 4 aromatic rings. The van der Waals surface area contributed by atoms with Crippen LogP contribution in [0.4, 0.5) is 5.69 Å². The number of aromatic nitrogens is 1. The first-order valence-electron chi connectivity index (χ1n) is 34.5. The van der Waals surface area contributed by atoms with Gasteiger partial charge in [0.2, 0.25) is 23.6 Å². The van der Waals surface area contributed by atoms with Crippen LogP contribution in [0.15, 0.2) is 84.9 Å². The molecule has 33 heteroatoms. The van der Waals surface area contributed by atoms with Gasteiger partial charge < -0.3 is 66.9 Å². The fourth-order valence-corrected chi connectivity index (χ4v) is 15.7. The third-order valence-electron chi connectivity index (χ3n) is 18.2. The smallest absolute Gasteiger partial charge is 0.317 e. The number of ether oxygens (including phenoxy) is 1. The normalized spacial score (nSPS) is 21.6. The van der Waals surface area contributed by atoms with Gasteiger partial charge in [-0.05, 0) is 115 Å². The molecular weight excluding hydrogens is 1440 g/mol. The van der Waals surface area contributed by atoms with Crippen molar-refractivity contribution in [2.75, 3.05) is 69.4 Å². The number of hydrogen-bond donors (Lipinski definition) is 11. The highest BCUT2D eigenvalue weighted by Crippen LogP contribution is 2.31. The van der Waals surface area contributed by atoms with Crippen LogP contribution in [0.5, 0.6) is 11.5 Å². The number of rotatable bonds is 27. The van der Waals surface area contributed by atoms with E-state index in [2.05, 4.69) is 26.6 Å². The van der Waals surface area contributed by atoms with E-state index >= 15 is 4.79 Å². The lowest BCUT2D eigenvalue weighted by Gasteiger charge is -2.36. The molecule has 2 fully saturated rings. The van der Waals surface area contributed by atoms with Crippen LogP contribution in [-0.4, -0.2) is 232 Å². The van der Waals surface area contributed by atoms with Crippen molar-refractivity contribution in [2.24, 2.45) is 23.7 Å². The lowest BCUT2D eigenvalue weighted by molar-refractivity contribution is -0.142. The van der Waals surface area contributed by atoms with Crippen molar-refractivity contribution in [2.45, 2.75) is 141 Å². The fraction of sp³-hybridized carbons (Fsp3) is 0.500. The molecule has 0 saturated carbocycles. The molecule has 568 valence electrons. The van der Waals surface area contributed by atoms with Gasteiger partial charge in [-0.3, -0.25) is 77.2 Å². The summed E-state index contributed by atoms with van der Waals surface area (Å²) in [5.74, 6) is -13.1. The van der Waals surface area contributed by atoms with Crippen molar-refractivity contribution >= 4 is 127 Å². The summed E-state index contributed by atoms with van der Waals surface area (Å²) >= 11 is 12.1. The monoisotopic (exact) mass is 1530 g/mol. The van der Waals surface area contributed by atoms with Gasteiger partial charge in [-0.2, -0.15) is 0 Å². The topological polar surface area (TPSA) is 421 Å².